The van der Waals surface area contributed by atoms with Gasteiger partial charge in [-0.2, -0.15) is 0 Å². The zero-order chi connectivity index (χ0) is 14.4. The van der Waals surface area contributed by atoms with E-state index in [0.29, 0.717) is 6.04 Å². The largest absolute Gasteiger partial charge is 0.480 e. The topological polar surface area (TPSA) is 43.8 Å². The van der Waals surface area contributed by atoms with Crippen molar-refractivity contribution in [3.05, 3.63) is 35.9 Å². The van der Waals surface area contributed by atoms with Crippen molar-refractivity contribution in [2.45, 2.75) is 32.4 Å². The van der Waals surface area contributed by atoms with Gasteiger partial charge in [-0.25, -0.2) is 0 Å². The molecule has 0 radical (unpaired) electrons. The molecule has 4 heteroatoms. The Morgan fingerprint density at radius 2 is 2.15 bits per heavy atom. The highest BCUT2D eigenvalue weighted by molar-refractivity contribution is 5.69. The number of carboxylic acids is 1. The Labute approximate surface area is 121 Å². The van der Waals surface area contributed by atoms with Crippen LogP contribution in [0.1, 0.15) is 25.3 Å². The second-order valence-corrected chi connectivity index (χ2v) is 5.47. The fraction of sp³-hybridized carbons (Fsp3) is 0.562. The minimum Gasteiger partial charge on any atom is -0.480 e. The van der Waals surface area contributed by atoms with E-state index in [1.807, 2.05) is 6.07 Å². The summed E-state index contributed by atoms with van der Waals surface area (Å²) >= 11 is 0. The van der Waals surface area contributed by atoms with Crippen LogP contribution in [0.5, 0.6) is 0 Å². The van der Waals surface area contributed by atoms with Crippen molar-refractivity contribution < 1.29 is 9.90 Å². The molecular weight excluding hydrogens is 252 g/mol. The molecule has 2 rings (SSSR count). The first-order valence-electron chi connectivity index (χ1n) is 7.41. The van der Waals surface area contributed by atoms with Gasteiger partial charge in [0.05, 0.1) is 6.54 Å². The summed E-state index contributed by atoms with van der Waals surface area (Å²) in [5.41, 5.74) is 1.32. The third kappa shape index (κ3) is 4.32. The van der Waals surface area contributed by atoms with Crippen LogP contribution in [-0.2, 0) is 11.3 Å². The van der Waals surface area contributed by atoms with E-state index in [1.165, 1.54) is 5.56 Å². The van der Waals surface area contributed by atoms with Crippen LogP contribution in [0.25, 0.3) is 0 Å². The number of nitrogens with zero attached hydrogens (tertiary/aromatic N) is 2. The van der Waals surface area contributed by atoms with Crippen LogP contribution in [0.3, 0.4) is 0 Å². The van der Waals surface area contributed by atoms with E-state index in [4.69, 9.17) is 5.11 Å². The fourth-order valence-corrected chi connectivity index (χ4v) is 2.93. The number of hydrogen-bond donors (Lipinski definition) is 1. The molecule has 1 fully saturated rings. The Hall–Kier alpha value is -1.39. The summed E-state index contributed by atoms with van der Waals surface area (Å²) in [5.74, 6) is -0.719. The van der Waals surface area contributed by atoms with Crippen LogP contribution in [-0.4, -0.2) is 53.1 Å². The SMILES string of the molecule is CCN(Cc1ccccc1)C[C@H]1CCCN1CC(=O)O. The molecule has 4 nitrogen and oxygen atoms in total. The van der Waals surface area contributed by atoms with E-state index in [1.54, 1.807) is 0 Å². The summed E-state index contributed by atoms with van der Waals surface area (Å²) < 4.78 is 0. The van der Waals surface area contributed by atoms with Crippen LogP contribution in [0, 0.1) is 0 Å². The summed E-state index contributed by atoms with van der Waals surface area (Å²) in [5, 5.41) is 8.96. The van der Waals surface area contributed by atoms with E-state index < -0.39 is 5.97 Å². The van der Waals surface area contributed by atoms with E-state index in [9.17, 15) is 4.79 Å². The maximum Gasteiger partial charge on any atom is 0.317 e. The first-order chi connectivity index (χ1) is 9.69. The molecule has 1 atom stereocenters. The lowest BCUT2D eigenvalue weighted by molar-refractivity contribution is -0.138. The van der Waals surface area contributed by atoms with Gasteiger partial charge in [-0.05, 0) is 31.5 Å². The summed E-state index contributed by atoms with van der Waals surface area (Å²) in [6, 6.07) is 10.8. The molecule has 0 unspecified atom stereocenters. The highest BCUT2D eigenvalue weighted by Gasteiger charge is 2.27. The second-order valence-electron chi connectivity index (χ2n) is 5.47. The molecule has 0 aromatic heterocycles. The highest BCUT2D eigenvalue weighted by atomic mass is 16.4. The van der Waals surface area contributed by atoms with Gasteiger partial charge >= 0.3 is 5.97 Å². The lowest BCUT2D eigenvalue weighted by atomic mass is 10.1. The Morgan fingerprint density at radius 1 is 1.40 bits per heavy atom. The average Bonchev–Trinajstić information content (AvgIpc) is 2.85. The summed E-state index contributed by atoms with van der Waals surface area (Å²) in [6.45, 7) is 6.15. The van der Waals surface area contributed by atoms with E-state index in [2.05, 4.69) is 41.0 Å². The standard InChI is InChI=1S/C16H24N2O2/c1-2-17(11-14-7-4-3-5-8-14)12-15-9-6-10-18(15)13-16(19)20/h3-5,7-8,15H,2,6,9-13H2,1H3,(H,19,20)/t15-/m1/s1. The first kappa shape index (κ1) is 15.0. The fourth-order valence-electron chi connectivity index (χ4n) is 2.93. The predicted molar refractivity (Wildman–Crippen MR) is 79.6 cm³/mol. The second kappa shape index (κ2) is 7.41. The summed E-state index contributed by atoms with van der Waals surface area (Å²) in [6.07, 6.45) is 2.22. The number of likely N-dealkylation sites (N-methyl/N-ethyl adjacent to an activating group) is 1. The maximum absolute atomic E-state index is 10.9. The third-order valence-electron chi connectivity index (χ3n) is 4.00. The maximum atomic E-state index is 10.9. The monoisotopic (exact) mass is 276 g/mol. The Balaban J connectivity index is 1.90. The quantitative estimate of drug-likeness (QED) is 0.828. The molecule has 20 heavy (non-hydrogen) atoms. The molecule has 110 valence electrons. The molecule has 1 aromatic rings. The van der Waals surface area contributed by atoms with E-state index >= 15 is 0 Å². The van der Waals surface area contributed by atoms with Crippen molar-refractivity contribution in [3.63, 3.8) is 0 Å². The number of hydrogen-bond acceptors (Lipinski definition) is 3. The normalized spacial score (nSPS) is 19.6. The minimum atomic E-state index is -0.719. The molecule has 0 saturated carbocycles. The molecular formula is C16H24N2O2. The van der Waals surface area contributed by atoms with Crippen molar-refractivity contribution in [3.8, 4) is 0 Å². The van der Waals surface area contributed by atoms with Crippen LogP contribution >= 0.6 is 0 Å². The molecule has 1 aliphatic heterocycles. The number of likely N-dealkylation sites (tertiary alicyclic amines) is 1. The Bertz CT molecular complexity index is 422. The van der Waals surface area contributed by atoms with Gasteiger partial charge < -0.3 is 5.11 Å². The number of carboxylic acid groups (broad SMARTS) is 1. The average molecular weight is 276 g/mol. The zero-order valence-electron chi connectivity index (χ0n) is 12.2. The van der Waals surface area contributed by atoms with Crippen LogP contribution in [0.15, 0.2) is 30.3 Å². The Kier molecular flexibility index (Phi) is 5.56. The van der Waals surface area contributed by atoms with E-state index in [0.717, 1.165) is 39.0 Å². The zero-order valence-corrected chi connectivity index (χ0v) is 12.2. The third-order valence-corrected chi connectivity index (χ3v) is 4.00. The number of benzene rings is 1. The van der Waals surface area contributed by atoms with Gasteiger partial charge in [-0.3, -0.25) is 14.6 Å². The van der Waals surface area contributed by atoms with Crippen molar-refractivity contribution in [2.24, 2.45) is 0 Å². The van der Waals surface area contributed by atoms with Crippen LogP contribution in [0.4, 0.5) is 0 Å². The van der Waals surface area contributed by atoms with Gasteiger partial charge in [0, 0.05) is 19.1 Å². The summed E-state index contributed by atoms with van der Waals surface area (Å²) in [7, 11) is 0. The number of rotatable bonds is 7. The van der Waals surface area contributed by atoms with Crippen LogP contribution < -0.4 is 0 Å². The van der Waals surface area contributed by atoms with Gasteiger partial charge in [-0.1, -0.05) is 37.3 Å². The van der Waals surface area contributed by atoms with Gasteiger partial charge in [-0.15, -0.1) is 0 Å². The lowest BCUT2D eigenvalue weighted by Crippen LogP contribution is -2.42. The highest BCUT2D eigenvalue weighted by Crippen LogP contribution is 2.18. The molecule has 0 bridgehead atoms. The van der Waals surface area contributed by atoms with Crippen molar-refractivity contribution in [1.82, 2.24) is 9.80 Å². The Morgan fingerprint density at radius 3 is 2.80 bits per heavy atom. The predicted octanol–water partition coefficient (Wildman–Crippen LogP) is 2.06. The van der Waals surface area contributed by atoms with Crippen molar-refractivity contribution in [1.29, 1.82) is 0 Å². The minimum absolute atomic E-state index is 0.174. The molecule has 1 saturated heterocycles. The van der Waals surface area contributed by atoms with Gasteiger partial charge in [0.25, 0.3) is 0 Å². The number of carbonyl (C=O) groups is 1. The van der Waals surface area contributed by atoms with Gasteiger partial charge in [0.1, 0.15) is 0 Å². The molecule has 0 aliphatic carbocycles. The summed E-state index contributed by atoms with van der Waals surface area (Å²) in [4.78, 5) is 15.4. The molecule has 0 amide bonds. The van der Waals surface area contributed by atoms with Gasteiger partial charge in [0.2, 0.25) is 0 Å². The van der Waals surface area contributed by atoms with E-state index in [-0.39, 0.29) is 6.54 Å². The molecule has 1 aliphatic rings. The molecule has 1 aromatic carbocycles. The number of aliphatic carboxylic acids is 1. The molecule has 1 N–H and O–H groups in total. The molecule has 1 heterocycles. The lowest BCUT2D eigenvalue weighted by Gasteiger charge is -2.29. The van der Waals surface area contributed by atoms with Gasteiger partial charge in [0.15, 0.2) is 0 Å². The molecule has 0 spiro atoms. The smallest absolute Gasteiger partial charge is 0.317 e. The van der Waals surface area contributed by atoms with Crippen molar-refractivity contribution >= 4 is 5.97 Å². The van der Waals surface area contributed by atoms with Crippen molar-refractivity contribution in [2.75, 3.05) is 26.2 Å². The van der Waals surface area contributed by atoms with Crippen LogP contribution in [0.2, 0.25) is 0 Å². The first-order valence-corrected chi connectivity index (χ1v) is 7.41.